The number of allylic oxidation sites excluding steroid dienone is 4. The van der Waals surface area contributed by atoms with Gasteiger partial charge in [-0.25, -0.2) is 0 Å². The molecule has 0 amide bonds. The van der Waals surface area contributed by atoms with Crippen molar-refractivity contribution in [2.24, 2.45) is 17.8 Å². The van der Waals surface area contributed by atoms with Gasteiger partial charge in [0.05, 0.1) is 0 Å². The first-order valence-electron chi connectivity index (χ1n) is 5.65. The van der Waals surface area contributed by atoms with Crippen LogP contribution in [0.5, 0.6) is 0 Å². The predicted octanol–water partition coefficient (Wildman–Crippen LogP) is 3.95. The summed E-state index contributed by atoms with van der Waals surface area (Å²) in [6.07, 6.45) is 12.8. The third kappa shape index (κ3) is 1.87. The standard InChI is InChI=1S/C13H20/c1-3-4-10(2)7-13-9-11-5-6-12(13)8-11/h5-7,11-13H,3-4,8-9H2,1-2H3. The van der Waals surface area contributed by atoms with Gasteiger partial charge in [-0.15, -0.1) is 0 Å². The molecule has 0 heterocycles. The van der Waals surface area contributed by atoms with Crippen LogP contribution in [0.1, 0.15) is 39.5 Å². The lowest BCUT2D eigenvalue weighted by Crippen LogP contribution is -2.03. The highest BCUT2D eigenvalue weighted by Gasteiger charge is 2.33. The fourth-order valence-corrected chi connectivity index (χ4v) is 2.86. The lowest BCUT2D eigenvalue weighted by molar-refractivity contribution is 0.545. The molecule has 0 aromatic carbocycles. The zero-order valence-corrected chi connectivity index (χ0v) is 8.79. The fourth-order valence-electron chi connectivity index (χ4n) is 2.86. The molecule has 72 valence electrons. The summed E-state index contributed by atoms with van der Waals surface area (Å²) in [6, 6.07) is 0. The van der Waals surface area contributed by atoms with E-state index in [0.717, 1.165) is 17.8 Å². The van der Waals surface area contributed by atoms with E-state index in [0.29, 0.717) is 0 Å². The summed E-state index contributed by atoms with van der Waals surface area (Å²) in [5, 5.41) is 0. The molecule has 0 spiro atoms. The highest BCUT2D eigenvalue weighted by Crippen LogP contribution is 2.44. The first kappa shape index (κ1) is 9.05. The Morgan fingerprint density at radius 1 is 1.38 bits per heavy atom. The molecule has 0 nitrogen and oxygen atoms in total. The fraction of sp³-hybridized carbons (Fsp3) is 0.692. The summed E-state index contributed by atoms with van der Waals surface area (Å²) in [4.78, 5) is 0. The molecular formula is C13H20. The molecule has 2 aliphatic rings. The van der Waals surface area contributed by atoms with Crippen molar-refractivity contribution in [1.82, 2.24) is 0 Å². The van der Waals surface area contributed by atoms with Gasteiger partial charge >= 0.3 is 0 Å². The van der Waals surface area contributed by atoms with Crippen molar-refractivity contribution in [2.45, 2.75) is 39.5 Å². The molecule has 2 bridgehead atoms. The zero-order chi connectivity index (χ0) is 9.26. The second-order valence-electron chi connectivity index (χ2n) is 4.71. The molecule has 0 N–H and O–H groups in total. The van der Waals surface area contributed by atoms with E-state index in [1.165, 1.54) is 25.7 Å². The van der Waals surface area contributed by atoms with Crippen molar-refractivity contribution in [2.75, 3.05) is 0 Å². The minimum Gasteiger partial charge on any atom is -0.0851 e. The maximum atomic E-state index is 2.54. The maximum Gasteiger partial charge on any atom is -0.0162 e. The monoisotopic (exact) mass is 176 g/mol. The Kier molecular flexibility index (Phi) is 2.57. The van der Waals surface area contributed by atoms with E-state index in [1.807, 2.05) is 0 Å². The molecule has 0 heteroatoms. The highest BCUT2D eigenvalue weighted by atomic mass is 14.4. The van der Waals surface area contributed by atoms with Crippen LogP contribution in [0.15, 0.2) is 23.8 Å². The minimum absolute atomic E-state index is 0.876. The van der Waals surface area contributed by atoms with E-state index in [2.05, 4.69) is 32.1 Å². The van der Waals surface area contributed by atoms with Crippen LogP contribution in [0.2, 0.25) is 0 Å². The third-order valence-electron chi connectivity index (χ3n) is 3.47. The average Bonchev–Trinajstić information content (AvgIpc) is 2.65. The van der Waals surface area contributed by atoms with Crippen molar-refractivity contribution in [1.29, 1.82) is 0 Å². The van der Waals surface area contributed by atoms with Crippen LogP contribution < -0.4 is 0 Å². The Morgan fingerprint density at radius 2 is 2.23 bits per heavy atom. The van der Waals surface area contributed by atoms with Gasteiger partial charge in [-0.1, -0.05) is 37.1 Å². The van der Waals surface area contributed by atoms with Gasteiger partial charge in [0.2, 0.25) is 0 Å². The molecule has 13 heavy (non-hydrogen) atoms. The van der Waals surface area contributed by atoms with Crippen LogP contribution in [0, 0.1) is 17.8 Å². The van der Waals surface area contributed by atoms with Gasteiger partial charge in [0, 0.05) is 0 Å². The van der Waals surface area contributed by atoms with Gasteiger partial charge < -0.3 is 0 Å². The number of hydrogen-bond donors (Lipinski definition) is 0. The minimum atomic E-state index is 0.876. The van der Waals surface area contributed by atoms with Crippen LogP contribution >= 0.6 is 0 Å². The van der Waals surface area contributed by atoms with E-state index in [9.17, 15) is 0 Å². The molecule has 3 unspecified atom stereocenters. The SMILES string of the molecule is CCCC(C)=CC1CC2C=CC1C2. The van der Waals surface area contributed by atoms with Gasteiger partial charge in [0.15, 0.2) is 0 Å². The Balaban J connectivity index is 1.96. The van der Waals surface area contributed by atoms with Crippen LogP contribution in [0.4, 0.5) is 0 Å². The lowest BCUT2D eigenvalue weighted by atomic mass is 9.91. The van der Waals surface area contributed by atoms with E-state index in [-0.39, 0.29) is 0 Å². The summed E-state index contributed by atoms with van der Waals surface area (Å²) >= 11 is 0. The van der Waals surface area contributed by atoms with Crippen LogP contribution in [-0.4, -0.2) is 0 Å². The summed E-state index contributed by atoms with van der Waals surface area (Å²) in [5.41, 5.74) is 1.61. The molecular weight excluding hydrogens is 156 g/mol. The molecule has 1 saturated carbocycles. The van der Waals surface area contributed by atoms with E-state index >= 15 is 0 Å². The highest BCUT2D eigenvalue weighted by molar-refractivity contribution is 5.16. The topological polar surface area (TPSA) is 0 Å². The number of fused-ring (bicyclic) bond motifs is 2. The molecule has 0 aromatic heterocycles. The molecule has 2 aliphatic carbocycles. The second-order valence-corrected chi connectivity index (χ2v) is 4.71. The molecule has 0 aliphatic heterocycles. The molecule has 0 radical (unpaired) electrons. The number of rotatable bonds is 3. The van der Waals surface area contributed by atoms with Crippen molar-refractivity contribution >= 4 is 0 Å². The molecule has 0 saturated heterocycles. The van der Waals surface area contributed by atoms with Crippen LogP contribution in [0.25, 0.3) is 0 Å². The first-order valence-corrected chi connectivity index (χ1v) is 5.65. The Bertz CT molecular complexity index is 234. The van der Waals surface area contributed by atoms with E-state index in [4.69, 9.17) is 0 Å². The Hall–Kier alpha value is -0.520. The van der Waals surface area contributed by atoms with E-state index in [1.54, 1.807) is 5.57 Å². The van der Waals surface area contributed by atoms with Gasteiger partial charge in [-0.05, 0) is 43.9 Å². The second kappa shape index (κ2) is 3.69. The van der Waals surface area contributed by atoms with Crippen molar-refractivity contribution < 1.29 is 0 Å². The molecule has 0 aromatic rings. The zero-order valence-electron chi connectivity index (χ0n) is 8.79. The quantitative estimate of drug-likeness (QED) is 0.571. The lowest BCUT2D eigenvalue weighted by Gasteiger charge is -2.14. The average molecular weight is 176 g/mol. The predicted molar refractivity (Wildman–Crippen MR) is 57.5 cm³/mol. The smallest absolute Gasteiger partial charge is 0.0162 e. The molecule has 3 atom stereocenters. The van der Waals surface area contributed by atoms with Gasteiger partial charge in [0.1, 0.15) is 0 Å². The van der Waals surface area contributed by atoms with Crippen LogP contribution in [-0.2, 0) is 0 Å². The van der Waals surface area contributed by atoms with Crippen molar-refractivity contribution in [3.05, 3.63) is 23.8 Å². The molecule has 1 fully saturated rings. The third-order valence-corrected chi connectivity index (χ3v) is 3.47. The van der Waals surface area contributed by atoms with Crippen molar-refractivity contribution in [3.63, 3.8) is 0 Å². The van der Waals surface area contributed by atoms with Crippen LogP contribution in [0.3, 0.4) is 0 Å². The Labute approximate surface area is 81.7 Å². The molecule has 2 rings (SSSR count). The maximum absolute atomic E-state index is 2.54. The summed E-state index contributed by atoms with van der Waals surface area (Å²) in [7, 11) is 0. The summed E-state index contributed by atoms with van der Waals surface area (Å²) in [5.74, 6) is 2.68. The normalized spacial score (nSPS) is 37.4. The van der Waals surface area contributed by atoms with Crippen molar-refractivity contribution in [3.8, 4) is 0 Å². The van der Waals surface area contributed by atoms with Gasteiger partial charge in [-0.3, -0.25) is 0 Å². The first-order chi connectivity index (χ1) is 6.29. The summed E-state index contributed by atoms with van der Waals surface area (Å²) < 4.78 is 0. The number of hydrogen-bond acceptors (Lipinski definition) is 0. The van der Waals surface area contributed by atoms with Gasteiger partial charge in [0.25, 0.3) is 0 Å². The Morgan fingerprint density at radius 3 is 2.77 bits per heavy atom. The summed E-state index contributed by atoms with van der Waals surface area (Å²) in [6.45, 7) is 4.55. The van der Waals surface area contributed by atoms with Gasteiger partial charge in [-0.2, -0.15) is 0 Å². The van der Waals surface area contributed by atoms with E-state index < -0.39 is 0 Å². The largest absolute Gasteiger partial charge is 0.0851 e.